The van der Waals surface area contributed by atoms with Gasteiger partial charge in [0, 0.05) is 0 Å². The number of hydrogen-bond donors (Lipinski definition) is 1. The molecule has 0 aliphatic rings. The summed E-state index contributed by atoms with van der Waals surface area (Å²) in [5.41, 5.74) is -0.282. The number of nitrogens with one attached hydrogen (secondary N) is 1. The first-order valence-corrected chi connectivity index (χ1v) is 7.88. The Morgan fingerprint density at radius 3 is 2.52 bits per heavy atom. The third-order valence-corrected chi connectivity index (χ3v) is 3.57. The Bertz CT molecular complexity index is 822. The monoisotopic (exact) mass is 352 g/mol. The summed E-state index contributed by atoms with van der Waals surface area (Å²) in [6.45, 7) is 0. The van der Waals surface area contributed by atoms with E-state index in [4.69, 9.17) is 23.2 Å². The molecule has 1 aromatic carbocycles. The van der Waals surface area contributed by atoms with Crippen molar-refractivity contribution in [2.24, 2.45) is 0 Å². The molecule has 0 atom stereocenters. The highest BCUT2D eigenvalue weighted by molar-refractivity contribution is 7.88. The average molecular weight is 353 g/mol. The molecule has 11 heteroatoms. The number of carbonyl (C=O) groups excluding carboxylic acids is 1. The average Bonchev–Trinajstić information content (AvgIpc) is 2.75. The van der Waals surface area contributed by atoms with Gasteiger partial charge in [-0.15, -0.1) is 10.2 Å². The van der Waals surface area contributed by atoms with Crippen molar-refractivity contribution < 1.29 is 17.6 Å². The Kier molecular flexibility index (Phi) is 4.17. The van der Waals surface area contributed by atoms with Gasteiger partial charge in [0.1, 0.15) is 5.82 Å². The fraction of sp³-hybridized carbons (Fsp3) is 0.100. The van der Waals surface area contributed by atoms with E-state index in [1.54, 1.807) is 0 Å². The second-order valence-electron chi connectivity index (χ2n) is 3.90. The van der Waals surface area contributed by atoms with Gasteiger partial charge in [-0.05, 0) is 18.2 Å². The van der Waals surface area contributed by atoms with Gasteiger partial charge in [0.05, 0.1) is 17.0 Å². The predicted octanol–water partition coefficient (Wildman–Crippen LogP) is 1.78. The van der Waals surface area contributed by atoms with Gasteiger partial charge < -0.3 is 5.32 Å². The van der Waals surface area contributed by atoms with Crippen LogP contribution in [0.4, 0.5) is 10.1 Å². The van der Waals surface area contributed by atoms with Crippen LogP contribution in [0.5, 0.6) is 0 Å². The summed E-state index contributed by atoms with van der Waals surface area (Å²) in [5.74, 6) is -1.40. The maximum absolute atomic E-state index is 12.9. The van der Waals surface area contributed by atoms with Crippen LogP contribution in [-0.2, 0) is 10.0 Å². The first kappa shape index (κ1) is 15.7. The number of amides is 1. The summed E-state index contributed by atoms with van der Waals surface area (Å²) >= 11 is 11.4. The van der Waals surface area contributed by atoms with E-state index in [0.29, 0.717) is 4.20 Å². The molecule has 0 radical (unpaired) electrons. The van der Waals surface area contributed by atoms with E-state index in [9.17, 15) is 17.6 Å². The largest absolute Gasteiger partial charge is 0.319 e. The number of benzene rings is 1. The van der Waals surface area contributed by atoms with Gasteiger partial charge in [0.15, 0.2) is 10.8 Å². The zero-order chi connectivity index (χ0) is 15.8. The van der Waals surface area contributed by atoms with Crippen molar-refractivity contribution in [2.45, 2.75) is 0 Å². The number of halogens is 3. The SMILES string of the molecule is CS(=O)(=O)n1nc(Cl)c(C(=O)Nc2ccc(F)cc2Cl)n1. The van der Waals surface area contributed by atoms with Gasteiger partial charge >= 0.3 is 0 Å². The third-order valence-electron chi connectivity index (χ3n) is 2.25. The van der Waals surface area contributed by atoms with E-state index in [2.05, 4.69) is 15.5 Å². The van der Waals surface area contributed by atoms with Crippen LogP contribution in [-0.4, -0.2) is 35.0 Å². The number of nitrogens with zero attached hydrogens (tertiary/aromatic N) is 3. The molecule has 112 valence electrons. The molecule has 0 saturated carbocycles. The Labute approximate surface area is 128 Å². The van der Waals surface area contributed by atoms with Crippen LogP contribution in [0.1, 0.15) is 10.5 Å². The Balaban J connectivity index is 2.31. The van der Waals surface area contributed by atoms with Crippen molar-refractivity contribution in [3.63, 3.8) is 0 Å². The number of carbonyl (C=O) groups is 1. The molecule has 0 aliphatic heterocycles. The summed E-state index contributed by atoms with van der Waals surface area (Å²) < 4.78 is 35.7. The van der Waals surface area contributed by atoms with Crippen molar-refractivity contribution in [3.05, 3.63) is 39.9 Å². The first-order valence-electron chi connectivity index (χ1n) is 5.28. The second kappa shape index (κ2) is 5.58. The smallest absolute Gasteiger partial charge is 0.279 e. The van der Waals surface area contributed by atoms with E-state index < -0.39 is 32.6 Å². The van der Waals surface area contributed by atoms with Crippen molar-refractivity contribution >= 4 is 44.8 Å². The van der Waals surface area contributed by atoms with E-state index in [0.717, 1.165) is 18.4 Å². The van der Waals surface area contributed by atoms with Crippen LogP contribution in [0.3, 0.4) is 0 Å². The minimum atomic E-state index is -3.77. The molecular formula is C10H7Cl2FN4O3S. The normalized spacial score (nSPS) is 11.4. The summed E-state index contributed by atoms with van der Waals surface area (Å²) in [4.78, 5) is 12.0. The number of aromatic nitrogens is 3. The third kappa shape index (κ3) is 3.49. The summed E-state index contributed by atoms with van der Waals surface area (Å²) in [5, 5.41) is 8.79. The van der Waals surface area contributed by atoms with Crippen molar-refractivity contribution in [1.29, 1.82) is 0 Å². The van der Waals surface area contributed by atoms with Crippen LogP contribution in [0.25, 0.3) is 0 Å². The van der Waals surface area contributed by atoms with Crippen LogP contribution < -0.4 is 5.32 Å². The lowest BCUT2D eigenvalue weighted by atomic mass is 10.3. The van der Waals surface area contributed by atoms with Crippen molar-refractivity contribution in [1.82, 2.24) is 14.4 Å². The molecule has 1 aromatic heterocycles. The number of hydrogen-bond acceptors (Lipinski definition) is 5. The van der Waals surface area contributed by atoms with Crippen LogP contribution in [0, 0.1) is 5.82 Å². The highest BCUT2D eigenvalue weighted by atomic mass is 35.5. The zero-order valence-corrected chi connectivity index (χ0v) is 12.7. The summed E-state index contributed by atoms with van der Waals surface area (Å²) in [6.07, 6.45) is 0.849. The maximum Gasteiger partial charge on any atom is 0.279 e. The lowest BCUT2D eigenvalue weighted by Gasteiger charge is -2.05. The summed E-state index contributed by atoms with van der Waals surface area (Å²) in [6, 6.07) is 3.34. The van der Waals surface area contributed by atoms with Gasteiger partial charge in [0.25, 0.3) is 15.9 Å². The van der Waals surface area contributed by atoms with Gasteiger partial charge in [-0.2, -0.15) is 0 Å². The number of rotatable bonds is 3. The molecule has 0 aliphatic carbocycles. The van der Waals surface area contributed by atoms with Gasteiger partial charge in [-0.3, -0.25) is 4.79 Å². The molecule has 1 amide bonds. The van der Waals surface area contributed by atoms with E-state index >= 15 is 0 Å². The van der Waals surface area contributed by atoms with Gasteiger partial charge in [-0.1, -0.05) is 27.4 Å². The molecule has 1 N–H and O–H groups in total. The topological polar surface area (TPSA) is 94.0 Å². The van der Waals surface area contributed by atoms with Crippen LogP contribution in [0.15, 0.2) is 18.2 Å². The van der Waals surface area contributed by atoms with E-state index in [-0.39, 0.29) is 10.7 Å². The quantitative estimate of drug-likeness (QED) is 0.908. The molecule has 7 nitrogen and oxygen atoms in total. The molecule has 0 spiro atoms. The second-order valence-corrected chi connectivity index (χ2v) is 6.46. The van der Waals surface area contributed by atoms with Crippen LogP contribution in [0.2, 0.25) is 10.2 Å². The molecule has 0 fully saturated rings. The molecule has 21 heavy (non-hydrogen) atoms. The highest BCUT2D eigenvalue weighted by Crippen LogP contribution is 2.23. The molecule has 2 aromatic rings. The highest BCUT2D eigenvalue weighted by Gasteiger charge is 2.21. The fourth-order valence-electron chi connectivity index (χ4n) is 1.33. The van der Waals surface area contributed by atoms with Gasteiger partial charge in [0.2, 0.25) is 0 Å². The Hall–Kier alpha value is -1.71. The van der Waals surface area contributed by atoms with E-state index in [1.165, 1.54) is 6.07 Å². The van der Waals surface area contributed by atoms with Crippen molar-refractivity contribution in [3.8, 4) is 0 Å². The Morgan fingerprint density at radius 1 is 1.33 bits per heavy atom. The minimum absolute atomic E-state index is 0.0324. The zero-order valence-electron chi connectivity index (χ0n) is 10.3. The standard InChI is InChI=1S/C10H7Cl2FN4O3S/c1-21(19,20)17-15-8(9(12)16-17)10(18)14-7-3-2-5(13)4-6(7)11/h2-4H,1H3,(H,14,18). The molecule has 1 heterocycles. The predicted molar refractivity (Wildman–Crippen MR) is 74.6 cm³/mol. The van der Waals surface area contributed by atoms with Crippen molar-refractivity contribution in [2.75, 3.05) is 11.6 Å². The summed E-state index contributed by atoms with van der Waals surface area (Å²) in [7, 11) is -3.77. The molecular weight excluding hydrogens is 346 g/mol. The van der Waals surface area contributed by atoms with Gasteiger partial charge in [-0.25, -0.2) is 12.8 Å². The molecule has 0 bridgehead atoms. The molecule has 0 unspecified atom stereocenters. The maximum atomic E-state index is 12.9. The lowest BCUT2D eigenvalue weighted by Crippen LogP contribution is -2.17. The fourth-order valence-corrected chi connectivity index (χ4v) is 2.25. The Morgan fingerprint density at radius 2 is 2.00 bits per heavy atom. The molecule has 0 saturated heterocycles. The van der Waals surface area contributed by atoms with E-state index in [1.807, 2.05) is 0 Å². The van der Waals surface area contributed by atoms with Crippen LogP contribution >= 0.6 is 23.2 Å². The molecule has 2 rings (SSSR count). The lowest BCUT2D eigenvalue weighted by molar-refractivity contribution is 0.102. The first-order chi connectivity index (χ1) is 9.68. The minimum Gasteiger partial charge on any atom is -0.319 e. The number of anilines is 1.